The van der Waals surface area contributed by atoms with E-state index in [0.717, 1.165) is 40.0 Å². The predicted octanol–water partition coefficient (Wildman–Crippen LogP) is 9.09. The summed E-state index contributed by atoms with van der Waals surface area (Å²) in [5.41, 5.74) is 5.81. The molecule has 0 atom stereocenters. The van der Waals surface area contributed by atoms with Gasteiger partial charge in [-0.3, -0.25) is 19.9 Å². The van der Waals surface area contributed by atoms with Crippen molar-refractivity contribution in [1.82, 2.24) is 19.9 Å². The summed E-state index contributed by atoms with van der Waals surface area (Å²) in [5.74, 6) is 0. The van der Waals surface area contributed by atoms with E-state index in [9.17, 15) is 13.2 Å². The standard InChI is InChI=1S/C37H29F3N4/c38-37(39,40)33-20-8-7-19-32(33)36-23-11-18-31(43-36)26-44(24-29-16-9-21-34(41-29)27-12-3-1-4-13-27)25-30-17-10-22-35(42-30)28-14-5-2-6-15-28/h1-23H,24-26H2. The molecule has 0 saturated carbocycles. The van der Waals surface area contributed by atoms with E-state index in [0.29, 0.717) is 25.3 Å². The second-order valence-electron chi connectivity index (χ2n) is 10.5. The topological polar surface area (TPSA) is 41.9 Å². The van der Waals surface area contributed by atoms with E-state index >= 15 is 0 Å². The lowest BCUT2D eigenvalue weighted by Gasteiger charge is -2.22. The van der Waals surface area contributed by atoms with Crippen LogP contribution in [-0.4, -0.2) is 19.9 Å². The summed E-state index contributed by atoms with van der Waals surface area (Å²) in [6.07, 6.45) is -4.48. The number of halogens is 3. The van der Waals surface area contributed by atoms with Crippen LogP contribution in [0.5, 0.6) is 0 Å². The molecule has 0 saturated heterocycles. The van der Waals surface area contributed by atoms with Crippen LogP contribution in [0.2, 0.25) is 0 Å². The predicted molar refractivity (Wildman–Crippen MR) is 167 cm³/mol. The van der Waals surface area contributed by atoms with Gasteiger partial charge in [0, 0.05) is 36.3 Å². The highest BCUT2D eigenvalue weighted by molar-refractivity contribution is 5.64. The van der Waals surface area contributed by atoms with Crippen molar-refractivity contribution >= 4 is 0 Å². The molecule has 0 aliphatic rings. The quantitative estimate of drug-likeness (QED) is 0.169. The molecule has 0 aliphatic carbocycles. The Labute approximate surface area is 254 Å². The molecule has 0 radical (unpaired) electrons. The van der Waals surface area contributed by atoms with Crippen molar-refractivity contribution in [2.24, 2.45) is 0 Å². The molecular formula is C37H29F3N4. The van der Waals surface area contributed by atoms with Gasteiger partial charge in [-0.15, -0.1) is 0 Å². The second kappa shape index (κ2) is 13.0. The van der Waals surface area contributed by atoms with Crippen LogP contribution in [0.3, 0.4) is 0 Å². The van der Waals surface area contributed by atoms with Crippen molar-refractivity contribution in [2.45, 2.75) is 25.8 Å². The molecule has 0 aliphatic heterocycles. The third-order valence-corrected chi connectivity index (χ3v) is 7.22. The van der Waals surface area contributed by atoms with E-state index in [4.69, 9.17) is 9.97 Å². The molecule has 0 bridgehead atoms. The number of rotatable bonds is 9. The van der Waals surface area contributed by atoms with Gasteiger partial charge in [-0.05, 0) is 42.5 Å². The van der Waals surface area contributed by atoms with Gasteiger partial charge in [0.1, 0.15) is 0 Å². The molecule has 3 aromatic heterocycles. The molecule has 3 heterocycles. The van der Waals surface area contributed by atoms with Crippen LogP contribution in [0.4, 0.5) is 13.2 Å². The van der Waals surface area contributed by atoms with Crippen LogP contribution in [0.15, 0.2) is 140 Å². The summed E-state index contributed by atoms with van der Waals surface area (Å²) in [7, 11) is 0. The summed E-state index contributed by atoms with van der Waals surface area (Å²) < 4.78 is 41.4. The zero-order valence-corrected chi connectivity index (χ0v) is 23.8. The Kier molecular flexibility index (Phi) is 8.57. The van der Waals surface area contributed by atoms with Gasteiger partial charge in [0.25, 0.3) is 0 Å². The minimum atomic E-state index is -4.48. The number of alkyl halides is 3. The lowest BCUT2D eigenvalue weighted by molar-refractivity contribution is -0.137. The Balaban J connectivity index is 1.32. The van der Waals surface area contributed by atoms with Gasteiger partial charge < -0.3 is 0 Å². The Hall–Kier alpha value is -5.14. The fraction of sp³-hybridized carbons (Fsp3) is 0.108. The van der Waals surface area contributed by atoms with Gasteiger partial charge in [0.15, 0.2) is 0 Å². The van der Waals surface area contributed by atoms with Crippen LogP contribution in [0.1, 0.15) is 22.6 Å². The number of nitrogens with zero attached hydrogens (tertiary/aromatic N) is 4. The average Bonchev–Trinajstić information content (AvgIpc) is 3.05. The molecule has 6 aromatic rings. The highest BCUT2D eigenvalue weighted by atomic mass is 19.4. The van der Waals surface area contributed by atoms with Crippen molar-refractivity contribution in [3.8, 4) is 33.8 Å². The van der Waals surface area contributed by atoms with E-state index in [-0.39, 0.29) is 11.3 Å². The monoisotopic (exact) mass is 586 g/mol. The van der Waals surface area contributed by atoms with Gasteiger partial charge >= 0.3 is 6.18 Å². The Morgan fingerprint density at radius 1 is 0.432 bits per heavy atom. The molecule has 44 heavy (non-hydrogen) atoms. The molecule has 218 valence electrons. The van der Waals surface area contributed by atoms with Gasteiger partial charge in [-0.1, -0.05) is 97.1 Å². The number of aromatic nitrogens is 3. The van der Waals surface area contributed by atoms with E-state index in [2.05, 4.69) is 9.88 Å². The smallest absolute Gasteiger partial charge is 0.286 e. The summed E-state index contributed by atoms with van der Waals surface area (Å²) in [5, 5.41) is 0. The maximum atomic E-state index is 13.8. The van der Waals surface area contributed by atoms with Crippen molar-refractivity contribution < 1.29 is 13.2 Å². The third kappa shape index (κ3) is 7.07. The average molecular weight is 587 g/mol. The van der Waals surface area contributed by atoms with Gasteiger partial charge in [0.2, 0.25) is 0 Å². The molecule has 3 aromatic carbocycles. The Morgan fingerprint density at radius 2 is 0.841 bits per heavy atom. The zero-order chi connectivity index (χ0) is 30.4. The third-order valence-electron chi connectivity index (χ3n) is 7.22. The largest absolute Gasteiger partial charge is 0.417 e. The van der Waals surface area contributed by atoms with Gasteiger partial charge in [-0.2, -0.15) is 13.2 Å². The molecule has 6 rings (SSSR count). The normalized spacial score (nSPS) is 11.5. The minimum Gasteiger partial charge on any atom is -0.286 e. The van der Waals surface area contributed by atoms with Crippen LogP contribution >= 0.6 is 0 Å². The summed E-state index contributed by atoms with van der Waals surface area (Å²) in [4.78, 5) is 16.7. The number of hydrogen-bond acceptors (Lipinski definition) is 4. The first-order valence-corrected chi connectivity index (χ1v) is 14.3. The maximum absolute atomic E-state index is 13.8. The van der Waals surface area contributed by atoms with E-state index in [1.807, 2.05) is 103 Å². The molecule has 0 amide bonds. The van der Waals surface area contributed by atoms with Crippen molar-refractivity contribution in [2.75, 3.05) is 0 Å². The highest BCUT2D eigenvalue weighted by Gasteiger charge is 2.33. The number of benzene rings is 3. The van der Waals surface area contributed by atoms with Gasteiger partial charge in [-0.25, -0.2) is 0 Å². The first kappa shape index (κ1) is 29.0. The van der Waals surface area contributed by atoms with Crippen LogP contribution in [0.25, 0.3) is 33.8 Å². The maximum Gasteiger partial charge on any atom is 0.417 e. The molecule has 7 heteroatoms. The molecule has 4 nitrogen and oxygen atoms in total. The Bertz CT molecular complexity index is 1750. The van der Waals surface area contributed by atoms with Crippen molar-refractivity contribution in [3.05, 3.63) is 162 Å². The fourth-order valence-electron chi connectivity index (χ4n) is 5.20. The number of pyridine rings is 3. The van der Waals surface area contributed by atoms with Crippen molar-refractivity contribution in [1.29, 1.82) is 0 Å². The van der Waals surface area contributed by atoms with Crippen LogP contribution in [-0.2, 0) is 25.8 Å². The first-order chi connectivity index (χ1) is 21.4. The molecule has 0 spiro atoms. The van der Waals surface area contributed by atoms with Gasteiger partial charge in [0.05, 0.1) is 39.7 Å². The zero-order valence-electron chi connectivity index (χ0n) is 23.8. The van der Waals surface area contributed by atoms with E-state index in [1.165, 1.54) is 12.1 Å². The molecule has 0 N–H and O–H groups in total. The lowest BCUT2D eigenvalue weighted by Crippen LogP contribution is -2.24. The van der Waals surface area contributed by atoms with Crippen LogP contribution in [0, 0.1) is 0 Å². The molecular weight excluding hydrogens is 557 g/mol. The summed E-state index contributed by atoms with van der Waals surface area (Å²) in [6.45, 7) is 1.36. The van der Waals surface area contributed by atoms with Crippen LogP contribution < -0.4 is 0 Å². The minimum absolute atomic E-state index is 0.0582. The highest BCUT2D eigenvalue weighted by Crippen LogP contribution is 2.36. The SMILES string of the molecule is FC(F)(F)c1ccccc1-c1cccc(CN(Cc2cccc(-c3ccccc3)n2)Cc2cccc(-c3ccccc3)n2)n1. The number of hydrogen-bond donors (Lipinski definition) is 0. The second-order valence-corrected chi connectivity index (χ2v) is 10.5. The summed E-state index contributed by atoms with van der Waals surface area (Å²) >= 11 is 0. The lowest BCUT2D eigenvalue weighted by atomic mass is 10.0. The first-order valence-electron chi connectivity index (χ1n) is 14.3. The van der Waals surface area contributed by atoms with Crippen molar-refractivity contribution in [3.63, 3.8) is 0 Å². The van der Waals surface area contributed by atoms with E-state index in [1.54, 1.807) is 18.2 Å². The van der Waals surface area contributed by atoms with E-state index < -0.39 is 11.7 Å². The fourth-order valence-corrected chi connectivity index (χ4v) is 5.20. The Morgan fingerprint density at radius 3 is 1.32 bits per heavy atom. The molecule has 0 unspecified atom stereocenters. The molecule has 0 fully saturated rings. The summed E-state index contributed by atoms with van der Waals surface area (Å²) in [6, 6.07) is 42.7.